The van der Waals surface area contributed by atoms with Crippen LogP contribution in [0.1, 0.15) is 26.2 Å². The maximum Gasteiger partial charge on any atom is 0.278 e. The van der Waals surface area contributed by atoms with Crippen LogP contribution in [-0.2, 0) is 10.0 Å². The van der Waals surface area contributed by atoms with E-state index < -0.39 is 15.5 Å². The number of nitrogens with one attached hydrogen (secondary N) is 1. The summed E-state index contributed by atoms with van der Waals surface area (Å²) in [6.07, 6.45) is 2.60. The summed E-state index contributed by atoms with van der Waals surface area (Å²) in [6.45, 7) is 3.63. The summed E-state index contributed by atoms with van der Waals surface area (Å²) in [4.78, 5) is 0. The van der Waals surface area contributed by atoms with E-state index in [1.165, 1.54) is 4.31 Å². The predicted molar refractivity (Wildman–Crippen MR) is 101 cm³/mol. The third-order valence-corrected chi connectivity index (χ3v) is 6.10. The Labute approximate surface area is 149 Å². The molecule has 0 amide bonds. The SMILES string of the molecule is CCCCNCCC1Oc2ccccc2N(c2ccccc2)S1(=O)=O. The van der Waals surface area contributed by atoms with Crippen LogP contribution in [-0.4, -0.2) is 26.9 Å². The molecule has 1 N–H and O–H groups in total. The Hall–Kier alpha value is -2.05. The van der Waals surface area contributed by atoms with E-state index in [0.29, 0.717) is 30.1 Å². The van der Waals surface area contributed by atoms with Crippen LogP contribution in [0.5, 0.6) is 5.75 Å². The highest BCUT2D eigenvalue weighted by atomic mass is 32.2. The summed E-state index contributed by atoms with van der Waals surface area (Å²) >= 11 is 0. The van der Waals surface area contributed by atoms with Crippen LogP contribution >= 0.6 is 0 Å². The Bertz CT molecular complexity index is 793. The molecule has 1 aliphatic rings. The number of ether oxygens (including phenoxy) is 1. The number of benzene rings is 2. The standard InChI is InChI=1S/C19H24N2O3S/c1-2-3-14-20-15-13-19-24-18-12-8-7-11-17(18)21(25(19,22)23)16-9-5-4-6-10-16/h4-12,19-20H,2-3,13-15H2,1H3. The first-order valence-corrected chi connectivity index (χ1v) is 10.2. The van der Waals surface area contributed by atoms with Crippen LogP contribution in [0.25, 0.3) is 0 Å². The molecule has 1 heterocycles. The van der Waals surface area contributed by atoms with E-state index in [0.717, 1.165) is 19.4 Å². The van der Waals surface area contributed by atoms with Crippen molar-refractivity contribution in [3.63, 3.8) is 0 Å². The molecule has 0 saturated carbocycles. The van der Waals surface area contributed by atoms with E-state index in [4.69, 9.17) is 4.74 Å². The average Bonchev–Trinajstić information content (AvgIpc) is 2.62. The van der Waals surface area contributed by atoms with E-state index in [-0.39, 0.29) is 0 Å². The second-order valence-corrected chi connectivity index (χ2v) is 7.97. The lowest BCUT2D eigenvalue weighted by Crippen LogP contribution is -2.44. The van der Waals surface area contributed by atoms with E-state index in [9.17, 15) is 8.42 Å². The van der Waals surface area contributed by atoms with Gasteiger partial charge in [-0.15, -0.1) is 0 Å². The van der Waals surface area contributed by atoms with Gasteiger partial charge in [-0.1, -0.05) is 43.7 Å². The van der Waals surface area contributed by atoms with Gasteiger partial charge >= 0.3 is 0 Å². The molecule has 5 nitrogen and oxygen atoms in total. The molecule has 0 saturated heterocycles. The summed E-state index contributed by atoms with van der Waals surface area (Å²) in [5.74, 6) is 0.597. The first-order valence-electron chi connectivity index (χ1n) is 8.70. The Morgan fingerprint density at radius 2 is 1.76 bits per heavy atom. The fourth-order valence-corrected chi connectivity index (χ4v) is 4.60. The molecule has 0 aliphatic carbocycles. The molecule has 2 aromatic carbocycles. The van der Waals surface area contributed by atoms with Gasteiger partial charge in [-0.3, -0.25) is 0 Å². The van der Waals surface area contributed by atoms with Crippen molar-refractivity contribution in [2.75, 3.05) is 17.4 Å². The van der Waals surface area contributed by atoms with Crippen LogP contribution in [0.2, 0.25) is 0 Å². The average molecular weight is 360 g/mol. The van der Waals surface area contributed by atoms with Crippen molar-refractivity contribution >= 4 is 21.4 Å². The molecule has 134 valence electrons. The molecule has 0 radical (unpaired) electrons. The van der Waals surface area contributed by atoms with Crippen LogP contribution in [0.4, 0.5) is 11.4 Å². The highest BCUT2D eigenvalue weighted by Gasteiger charge is 2.40. The fourth-order valence-electron chi connectivity index (χ4n) is 2.89. The summed E-state index contributed by atoms with van der Waals surface area (Å²) < 4.78 is 33.6. The number of hydrogen-bond acceptors (Lipinski definition) is 4. The second-order valence-electron chi connectivity index (χ2n) is 6.05. The van der Waals surface area contributed by atoms with Gasteiger partial charge in [-0.05, 0) is 43.8 Å². The first-order chi connectivity index (χ1) is 12.1. The van der Waals surface area contributed by atoms with Gasteiger partial charge in [0.25, 0.3) is 10.0 Å². The number of rotatable bonds is 7. The van der Waals surface area contributed by atoms with Gasteiger partial charge < -0.3 is 10.1 Å². The molecule has 0 aromatic heterocycles. The van der Waals surface area contributed by atoms with Gasteiger partial charge in [0.1, 0.15) is 5.75 Å². The lowest BCUT2D eigenvalue weighted by molar-refractivity contribution is 0.256. The van der Waals surface area contributed by atoms with Crippen molar-refractivity contribution < 1.29 is 13.2 Å². The maximum atomic E-state index is 13.2. The largest absolute Gasteiger partial charge is 0.470 e. The highest BCUT2D eigenvalue weighted by Crippen LogP contribution is 2.42. The molecule has 0 bridgehead atoms. The Kier molecular flexibility index (Phi) is 5.60. The van der Waals surface area contributed by atoms with Gasteiger partial charge in [0.2, 0.25) is 5.44 Å². The van der Waals surface area contributed by atoms with E-state index >= 15 is 0 Å². The number of fused-ring (bicyclic) bond motifs is 1. The topological polar surface area (TPSA) is 58.6 Å². The molecule has 3 rings (SSSR count). The third kappa shape index (κ3) is 3.80. The van der Waals surface area contributed by atoms with E-state index in [1.54, 1.807) is 18.2 Å². The summed E-state index contributed by atoms with van der Waals surface area (Å²) in [5.41, 5.74) is 0.294. The van der Waals surface area contributed by atoms with E-state index in [2.05, 4.69) is 12.2 Å². The number of para-hydroxylation sites is 3. The zero-order valence-electron chi connectivity index (χ0n) is 14.4. The van der Waals surface area contributed by atoms with Gasteiger partial charge in [0, 0.05) is 6.42 Å². The van der Waals surface area contributed by atoms with Crippen molar-refractivity contribution in [1.82, 2.24) is 5.32 Å². The minimum Gasteiger partial charge on any atom is -0.470 e. The second kappa shape index (κ2) is 7.89. The summed E-state index contributed by atoms with van der Waals surface area (Å²) in [7, 11) is -3.65. The minimum absolute atomic E-state index is 0.406. The molecule has 1 unspecified atom stereocenters. The zero-order chi connectivity index (χ0) is 17.7. The van der Waals surface area contributed by atoms with Crippen LogP contribution < -0.4 is 14.4 Å². The van der Waals surface area contributed by atoms with Crippen LogP contribution in [0, 0.1) is 0 Å². The molecular weight excluding hydrogens is 336 g/mol. The molecular formula is C19H24N2O3S. The van der Waals surface area contributed by atoms with E-state index in [1.807, 2.05) is 36.4 Å². The third-order valence-electron chi connectivity index (χ3n) is 4.18. The quantitative estimate of drug-likeness (QED) is 0.766. The highest BCUT2D eigenvalue weighted by molar-refractivity contribution is 7.93. The molecule has 0 spiro atoms. The van der Waals surface area contributed by atoms with Crippen molar-refractivity contribution in [3.8, 4) is 5.75 Å². The number of sulfonamides is 1. The first kappa shape index (κ1) is 17.8. The van der Waals surface area contributed by atoms with Crippen LogP contribution in [0.15, 0.2) is 54.6 Å². The number of nitrogens with zero attached hydrogens (tertiary/aromatic N) is 1. The number of unbranched alkanes of at least 4 members (excludes halogenated alkanes) is 1. The molecule has 25 heavy (non-hydrogen) atoms. The number of hydrogen-bond donors (Lipinski definition) is 1. The Balaban J connectivity index is 1.88. The Morgan fingerprint density at radius 1 is 1.04 bits per heavy atom. The maximum absolute atomic E-state index is 13.2. The molecule has 1 atom stereocenters. The van der Waals surface area contributed by atoms with Gasteiger partial charge in [-0.25, -0.2) is 12.7 Å². The van der Waals surface area contributed by atoms with Crippen molar-refractivity contribution in [2.24, 2.45) is 0 Å². The van der Waals surface area contributed by atoms with Crippen molar-refractivity contribution in [1.29, 1.82) is 0 Å². The van der Waals surface area contributed by atoms with Gasteiger partial charge in [0.15, 0.2) is 0 Å². The molecule has 1 aliphatic heterocycles. The fraction of sp³-hybridized carbons (Fsp3) is 0.368. The zero-order valence-corrected chi connectivity index (χ0v) is 15.2. The van der Waals surface area contributed by atoms with Crippen molar-refractivity contribution in [3.05, 3.63) is 54.6 Å². The van der Waals surface area contributed by atoms with Crippen LogP contribution in [0.3, 0.4) is 0 Å². The normalized spacial score (nSPS) is 18.4. The molecule has 2 aromatic rings. The summed E-state index contributed by atoms with van der Waals surface area (Å²) in [6, 6.07) is 16.4. The molecule has 0 fully saturated rings. The monoisotopic (exact) mass is 360 g/mol. The smallest absolute Gasteiger partial charge is 0.278 e. The lowest BCUT2D eigenvalue weighted by atomic mass is 10.2. The number of anilines is 2. The van der Waals surface area contributed by atoms with Crippen molar-refractivity contribution in [2.45, 2.75) is 31.6 Å². The predicted octanol–water partition coefficient (Wildman–Crippen LogP) is 3.65. The van der Waals surface area contributed by atoms with Gasteiger partial charge in [0.05, 0.1) is 11.4 Å². The Morgan fingerprint density at radius 3 is 2.52 bits per heavy atom. The molecule has 6 heteroatoms. The lowest BCUT2D eigenvalue weighted by Gasteiger charge is -2.35. The minimum atomic E-state index is -3.65. The van der Waals surface area contributed by atoms with Gasteiger partial charge in [-0.2, -0.15) is 0 Å². The summed E-state index contributed by atoms with van der Waals surface area (Å²) in [5, 5.41) is 3.29.